The number of nitrogens with zero attached hydrogens (tertiary/aromatic N) is 2. The van der Waals surface area contributed by atoms with Gasteiger partial charge >= 0.3 is 0 Å². The van der Waals surface area contributed by atoms with Crippen molar-refractivity contribution in [1.82, 2.24) is 20.4 Å². The van der Waals surface area contributed by atoms with E-state index < -0.39 is 6.04 Å². The Morgan fingerprint density at radius 3 is 2.74 bits per heavy atom. The maximum atomic E-state index is 13.1. The Bertz CT molecular complexity index is 840. The van der Waals surface area contributed by atoms with Crippen molar-refractivity contribution in [3.63, 3.8) is 0 Å². The van der Waals surface area contributed by atoms with Crippen molar-refractivity contribution in [2.24, 2.45) is 0 Å². The average Bonchev–Trinajstić information content (AvgIpc) is 2.91. The third-order valence-corrected chi connectivity index (χ3v) is 5.58. The third kappa shape index (κ3) is 3.22. The maximum Gasteiger partial charge on any atom is 0.255 e. The minimum Gasteiger partial charge on any atom is -0.322 e. The molecule has 4 rings (SSSR count). The molecule has 2 saturated heterocycles. The van der Waals surface area contributed by atoms with E-state index in [1.165, 1.54) is 0 Å². The van der Waals surface area contributed by atoms with E-state index in [0.717, 1.165) is 24.2 Å². The molecule has 2 fully saturated rings. The zero-order chi connectivity index (χ0) is 19.0. The molecule has 0 spiro atoms. The van der Waals surface area contributed by atoms with Crippen molar-refractivity contribution >= 4 is 17.7 Å². The van der Waals surface area contributed by atoms with E-state index in [0.29, 0.717) is 37.7 Å². The minimum absolute atomic E-state index is 0.137. The van der Waals surface area contributed by atoms with Crippen LogP contribution in [0, 0.1) is 12.3 Å². The molecule has 1 aromatic carbocycles. The van der Waals surface area contributed by atoms with Crippen molar-refractivity contribution in [3.8, 4) is 12.3 Å². The van der Waals surface area contributed by atoms with E-state index in [4.69, 9.17) is 6.42 Å². The van der Waals surface area contributed by atoms with Gasteiger partial charge in [-0.15, -0.1) is 6.42 Å². The first-order chi connectivity index (χ1) is 13.1. The van der Waals surface area contributed by atoms with E-state index in [1.807, 2.05) is 18.2 Å². The summed E-state index contributed by atoms with van der Waals surface area (Å²) in [6.45, 7) is 3.32. The number of imide groups is 1. The van der Waals surface area contributed by atoms with E-state index in [1.54, 1.807) is 4.90 Å². The van der Waals surface area contributed by atoms with Gasteiger partial charge in [0, 0.05) is 44.2 Å². The Morgan fingerprint density at radius 1 is 1.26 bits per heavy atom. The molecular weight excluding hydrogens is 344 g/mol. The van der Waals surface area contributed by atoms with Gasteiger partial charge in [0.15, 0.2) is 0 Å². The van der Waals surface area contributed by atoms with Crippen LogP contribution in [0.5, 0.6) is 0 Å². The van der Waals surface area contributed by atoms with Crippen LogP contribution in [-0.2, 0) is 22.7 Å². The van der Waals surface area contributed by atoms with Crippen LogP contribution >= 0.6 is 0 Å². The summed E-state index contributed by atoms with van der Waals surface area (Å²) < 4.78 is 0. The zero-order valence-electron chi connectivity index (χ0n) is 15.0. The Labute approximate surface area is 158 Å². The monoisotopic (exact) mass is 366 g/mol. The normalized spacial score (nSPS) is 22.4. The highest BCUT2D eigenvalue weighted by molar-refractivity contribution is 6.05. The lowest BCUT2D eigenvalue weighted by Gasteiger charge is -2.37. The highest BCUT2D eigenvalue weighted by Crippen LogP contribution is 2.30. The first-order valence-electron chi connectivity index (χ1n) is 9.22. The van der Waals surface area contributed by atoms with E-state index >= 15 is 0 Å². The van der Waals surface area contributed by atoms with Gasteiger partial charge in [0.05, 0.1) is 6.54 Å². The Hall–Kier alpha value is -2.69. The predicted octanol–water partition coefficient (Wildman–Crippen LogP) is -0.145. The average molecular weight is 366 g/mol. The van der Waals surface area contributed by atoms with Crippen LogP contribution < -0.4 is 10.6 Å². The number of hydrogen-bond donors (Lipinski definition) is 2. The first-order valence-corrected chi connectivity index (χ1v) is 9.22. The predicted molar refractivity (Wildman–Crippen MR) is 98.4 cm³/mol. The van der Waals surface area contributed by atoms with Crippen molar-refractivity contribution in [1.29, 1.82) is 0 Å². The molecule has 0 bridgehead atoms. The van der Waals surface area contributed by atoms with Gasteiger partial charge in [-0.1, -0.05) is 24.1 Å². The van der Waals surface area contributed by atoms with Crippen LogP contribution in [0.3, 0.4) is 0 Å². The van der Waals surface area contributed by atoms with Crippen molar-refractivity contribution in [2.75, 3.05) is 19.6 Å². The van der Waals surface area contributed by atoms with Gasteiger partial charge in [-0.05, 0) is 17.5 Å². The van der Waals surface area contributed by atoms with Gasteiger partial charge in [-0.2, -0.15) is 0 Å². The lowest BCUT2D eigenvalue weighted by Crippen LogP contribution is -2.57. The number of amides is 3. The number of hydrogen-bond acceptors (Lipinski definition) is 5. The fraction of sp³-hybridized carbons (Fsp3) is 0.450. The van der Waals surface area contributed by atoms with Gasteiger partial charge in [-0.25, -0.2) is 0 Å². The fourth-order valence-corrected chi connectivity index (χ4v) is 4.00. The summed E-state index contributed by atoms with van der Waals surface area (Å²) in [6.07, 6.45) is 6.16. The summed E-state index contributed by atoms with van der Waals surface area (Å²) in [4.78, 5) is 40.5. The van der Waals surface area contributed by atoms with Gasteiger partial charge in [0.1, 0.15) is 6.04 Å². The van der Waals surface area contributed by atoms with Crippen molar-refractivity contribution in [2.45, 2.75) is 38.0 Å². The van der Waals surface area contributed by atoms with Gasteiger partial charge in [0.25, 0.3) is 5.91 Å². The number of carbonyl (C=O) groups is 3. The molecule has 3 aliphatic heterocycles. The second-order valence-electron chi connectivity index (χ2n) is 7.27. The number of terminal acetylenes is 1. The number of piperidine rings is 1. The molecule has 2 N–H and O–H groups in total. The SMILES string of the molecule is C#CCN(Cc1cccc2c1C(=O)N(C1CCC(=O)NC1=O)C2)C1CNC1. The number of rotatable bonds is 5. The zero-order valence-corrected chi connectivity index (χ0v) is 15.0. The Kier molecular flexibility index (Phi) is 4.68. The standard InChI is InChI=1S/C20H22N4O3/c1-2-8-23(15-9-21-10-15)11-13-4-3-5-14-12-24(20(27)18(13)14)16-6-7-17(25)22-19(16)26/h1,3-5,15-16,21H,6-12H2,(H,22,25,26). The Balaban J connectivity index is 1.57. The summed E-state index contributed by atoms with van der Waals surface area (Å²) in [5, 5.41) is 5.59. The number of nitrogens with one attached hydrogen (secondary N) is 2. The van der Waals surface area contributed by atoms with Crippen molar-refractivity contribution in [3.05, 3.63) is 34.9 Å². The molecule has 0 radical (unpaired) electrons. The van der Waals surface area contributed by atoms with Gasteiger partial charge in [0.2, 0.25) is 11.8 Å². The van der Waals surface area contributed by atoms with Crippen LogP contribution in [0.4, 0.5) is 0 Å². The molecule has 0 saturated carbocycles. The molecular formula is C20H22N4O3. The second-order valence-corrected chi connectivity index (χ2v) is 7.27. The van der Waals surface area contributed by atoms with Crippen LogP contribution in [-0.4, -0.2) is 59.2 Å². The smallest absolute Gasteiger partial charge is 0.255 e. The summed E-state index contributed by atoms with van der Waals surface area (Å²) in [5.74, 6) is 1.90. The summed E-state index contributed by atoms with van der Waals surface area (Å²) in [7, 11) is 0. The molecule has 0 aromatic heterocycles. The highest BCUT2D eigenvalue weighted by Gasteiger charge is 2.40. The molecule has 140 valence electrons. The van der Waals surface area contributed by atoms with Gasteiger partial charge < -0.3 is 10.2 Å². The molecule has 3 heterocycles. The maximum absolute atomic E-state index is 13.1. The number of carbonyl (C=O) groups excluding carboxylic acids is 3. The van der Waals surface area contributed by atoms with Crippen LogP contribution in [0.25, 0.3) is 0 Å². The number of fused-ring (bicyclic) bond motifs is 1. The van der Waals surface area contributed by atoms with E-state index in [-0.39, 0.29) is 24.1 Å². The molecule has 1 unspecified atom stereocenters. The molecule has 3 aliphatic rings. The molecule has 7 heteroatoms. The summed E-state index contributed by atoms with van der Waals surface area (Å²) in [6, 6.07) is 5.62. The topological polar surface area (TPSA) is 81.8 Å². The fourth-order valence-electron chi connectivity index (χ4n) is 4.00. The quantitative estimate of drug-likeness (QED) is 0.560. The van der Waals surface area contributed by atoms with Crippen LogP contribution in [0.15, 0.2) is 18.2 Å². The molecule has 3 amide bonds. The highest BCUT2D eigenvalue weighted by atomic mass is 16.2. The minimum atomic E-state index is -0.590. The lowest BCUT2D eigenvalue weighted by molar-refractivity contribution is -0.136. The Morgan fingerprint density at radius 2 is 2.07 bits per heavy atom. The molecule has 7 nitrogen and oxygen atoms in total. The summed E-state index contributed by atoms with van der Waals surface area (Å²) >= 11 is 0. The van der Waals surface area contributed by atoms with E-state index in [9.17, 15) is 14.4 Å². The summed E-state index contributed by atoms with van der Waals surface area (Å²) in [5.41, 5.74) is 2.54. The lowest BCUT2D eigenvalue weighted by atomic mass is 10.0. The molecule has 1 atom stereocenters. The molecule has 0 aliphatic carbocycles. The van der Waals surface area contributed by atoms with Crippen LogP contribution in [0.1, 0.15) is 34.3 Å². The number of benzene rings is 1. The van der Waals surface area contributed by atoms with E-state index in [2.05, 4.69) is 21.5 Å². The molecule has 1 aromatic rings. The van der Waals surface area contributed by atoms with Crippen LogP contribution in [0.2, 0.25) is 0 Å². The third-order valence-electron chi connectivity index (χ3n) is 5.58. The van der Waals surface area contributed by atoms with Gasteiger partial charge in [-0.3, -0.25) is 24.6 Å². The second kappa shape index (κ2) is 7.14. The van der Waals surface area contributed by atoms with Crippen molar-refractivity contribution < 1.29 is 14.4 Å². The largest absolute Gasteiger partial charge is 0.322 e. The molecule has 27 heavy (non-hydrogen) atoms. The first kappa shape index (κ1) is 17.7.